The number of hydrogen-bond donors (Lipinski definition) is 0. The zero-order valence-electron chi connectivity index (χ0n) is 42.2. The van der Waals surface area contributed by atoms with E-state index in [-0.39, 0.29) is 31.1 Å². The fraction of sp³-hybridized carbons (Fsp3) is 0.678. The first-order chi connectivity index (χ1) is 32.0. The second kappa shape index (κ2) is 52.9. The summed E-state index contributed by atoms with van der Waals surface area (Å²) in [6.45, 7) is 6.32. The number of rotatable bonds is 47. The SMILES string of the molecule is CC/C=C/C=C/C=C/C=C/CCCCCC(=O)OCC(COC(=O)CCCCCCCCC/C=C/CCCCCCCCCC)OC(=O)CCCCCCCCC/C=C/C=C/C=C/CC. The maximum atomic E-state index is 12.8. The molecule has 0 amide bonds. The van der Waals surface area contributed by atoms with Crippen LogP contribution < -0.4 is 0 Å². The Morgan fingerprint density at radius 1 is 0.323 bits per heavy atom. The molecule has 0 fully saturated rings. The highest BCUT2D eigenvalue weighted by molar-refractivity contribution is 5.71. The second-order valence-corrected chi connectivity index (χ2v) is 17.5. The molecule has 0 aromatic rings. The Bertz CT molecular complexity index is 1310. The van der Waals surface area contributed by atoms with Crippen LogP contribution in [0.5, 0.6) is 0 Å². The van der Waals surface area contributed by atoms with Crippen molar-refractivity contribution in [2.24, 2.45) is 0 Å². The molecule has 0 rings (SSSR count). The number of unbranched alkanes of at least 4 members (excludes halogenated alkanes) is 25. The van der Waals surface area contributed by atoms with Crippen LogP contribution >= 0.6 is 0 Å². The zero-order valence-corrected chi connectivity index (χ0v) is 42.2. The molecule has 0 aliphatic heterocycles. The Morgan fingerprint density at radius 3 is 1.00 bits per heavy atom. The van der Waals surface area contributed by atoms with Crippen molar-refractivity contribution in [2.75, 3.05) is 13.2 Å². The summed E-state index contributed by atoms with van der Waals surface area (Å²) in [6.07, 6.45) is 69.7. The highest BCUT2D eigenvalue weighted by atomic mass is 16.6. The van der Waals surface area contributed by atoms with Gasteiger partial charge < -0.3 is 14.2 Å². The summed E-state index contributed by atoms with van der Waals surface area (Å²) in [7, 11) is 0. The first-order valence-corrected chi connectivity index (χ1v) is 26.8. The third-order valence-corrected chi connectivity index (χ3v) is 11.2. The first kappa shape index (κ1) is 61.3. The van der Waals surface area contributed by atoms with Gasteiger partial charge in [0.15, 0.2) is 6.10 Å². The lowest BCUT2D eigenvalue weighted by Crippen LogP contribution is -2.30. The Hall–Kier alpha value is -3.67. The van der Waals surface area contributed by atoms with E-state index in [0.717, 1.165) is 89.9 Å². The molecule has 0 aromatic heterocycles. The number of ether oxygens (including phenoxy) is 3. The van der Waals surface area contributed by atoms with Crippen LogP contribution in [0.3, 0.4) is 0 Å². The van der Waals surface area contributed by atoms with Gasteiger partial charge in [0.25, 0.3) is 0 Å². The van der Waals surface area contributed by atoms with Crippen LogP contribution in [0.4, 0.5) is 0 Å². The van der Waals surface area contributed by atoms with Gasteiger partial charge in [-0.05, 0) is 83.5 Å². The number of hydrogen-bond acceptors (Lipinski definition) is 6. The van der Waals surface area contributed by atoms with Crippen LogP contribution in [0.1, 0.15) is 239 Å². The van der Waals surface area contributed by atoms with Crippen LogP contribution in [0, 0.1) is 0 Å². The van der Waals surface area contributed by atoms with Gasteiger partial charge in [0.1, 0.15) is 13.2 Å². The van der Waals surface area contributed by atoms with E-state index in [2.05, 4.69) is 81.5 Å². The molecule has 370 valence electrons. The Kier molecular flexibility index (Phi) is 50.0. The lowest BCUT2D eigenvalue weighted by Gasteiger charge is -2.18. The predicted octanol–water partition coefficient (Wildman–Crippen LogP) is 17.8. The maximum Gasteiger partial charge on any atom is 0.306 e. The van der Waals surface area contributed by atoms with Gasteiger partial charge in [-0.3, -0.25) is 14.4 Å². The third kappa shape index (κ3) is 51.2. The molecule has 6 heteroatoms. The molecule has 0 aromatic carbocycles. The van der Waals surface area contributed by atoms with Gasteiger partial charge in [-0.1, -0.05) is 234 Å². The van der Waals surface area contributed by atoms with Gasteiger partial charge in [0.2, 0.25) is 0 Å². The number of carbonyl (C=O) groups excluding carboxylic acids is 3. The van der Waals surface area contributed by atoms with E-state index in [1.807, 2.05) is 36.5 Å². The molecule has 6 nitrogen and oxygen atoms in total. The number of esters is 3. The quantitative estimate of drug-likeness (QED) is 0.0199. The van der Waals surface area contributed by atoms with E-state index in [4.69, 9.17) is 14.2 Å². The molecule has 0 heterocycles. The largest absolute Gasteiger partial charge is 0.462 e. The van der Waals surface area contributed by atoms with Crippen molar-refractivity contribution in [2.45, 2.75) is 245 Å². The van der Waals surface area contributed by atoms with Crippen molar-refractivity contribution < 1.29 is 28.6 Å². The van der Waals surface area contributed by atoms with Crippen LogP contribution in [0.25, 0.3) is 0 Å². The molecule has 0 radical (unpaired) electrons. The molecule has 1 unspecified atom stereocenters. The fourth-order valence-corrected chi connectivity index (χ4v) is 7.21. The van der Waals surface area contributed by atoms with E-state index in [0.29, 0.717) is 19.3 Å². The molecule has 0 spiro atoms. The summed E-state index contributed by atoms with van der Waals surface area (Å²) >= 11 is 0. The topological polar surface area (TPSA) is 78.9 Å². The van der Waals surface area contributed by atoms with E-state index >= 15 is 0 Å². The molecule has 0 saturated heterocycles. The predicted molar refractivity (Wildman–Crippen MR) is 279 cm³/mol. The summed E-state index contributed by atoms with van der Waals surface area (Å²) in [5.41, 5.74) is 0. The van der Waals surface area contributed by atoms with Crippen molar-refractivity contribution in [3.05, 3.63) is 97.2 Å². The van der Waals surface area contributed by atoms with E-state index in [1.165, 1.54) is 109 Å². The molecule has 0 saturated carbocycles. The highest BCUT2D eigenvalue weighted by Crippen LogP contribution is 2.14. The van der Waals surface area contributed by atoms with Crippen molar-refractivity contribution in [1.82, 2.24) is 0 Å². The molecule has 65 heavy (non-hydrogen) atoms. The van der Waals surface area contributed by atoms with Gasteiger partial charge >= 0.3 is 17.9 Å². The smallest absolute Gasteiger partial charge is 0.306 e. The second-order valence-electron chi connectivity index (χ2n) is 17.5. The van der Waals surface area contributed by atoms with Gasteiger partial charge in [0.05, 0.1) is 0 Å². The Balaban J connectivity index is 4.43. The van der Waals surface area contributed by atoms with Gasteiger partial charge in [0, 0.05) is 19.3 Å². The van der Waals surface area contributed by atoms with Crippen molar-refractivity contribution in [1.29, 1.82) is 0 Å². The average molecular weight is 903 g/mol. The minimum atomic E-state index is -0.802. The summed E-state index contributed by atoms with van der Waals surface area (Å²) in [6, 6.07) is 0. The van der Waals surface area contributed by atoms with Crippen molar-refractivity contribution >= 4 is 17.9 Å². The van der Waals surface area contributed by atoms with Crippen molar-refractivity contribution in [3.63, 3.8) is 0 Å². The lowest BCUT2D eigenvalue weighted by molar-refractivity contribution is -0.167. The minimum Gasteiger partial charge on any atom is -0.462 e. The first-order valence-electron chi connectivity index (χ1n) is 26.8. The summed E-state index contributed by atoms with van der Waals surface area (Å²) in [5, 5.41) is 0. The molecule has 0 N–H and O–H groups in total. The van der Waals surface area contributed by atoms with E-state index in [1.54, 1.807) is 0 Å². The van der Waals surface area contributed by atoms with Crippen LogP contribution in [0.15, 0.2) is 97.2 Å². The molecule has 0 aliphatic carbocycles. The molecule has 1 atom stereocenters. The van der Waals surface area contributed by atoms with Crippen LogP contribution in [-0.2, 0) is 28.6 Å². The number of allylic oxidation sites excluding steroid dienone is 16. The summed E-state index contributed by atoms with van der Waals surface area (Å²) in [4.78, 5) is 38.0. The van der Waals surface area contributed by atoms with Gasteiger partial charge in [-0.25, -0.2) is 0 Å². The molecular formula is C59H98O6. The minimum absolute atomic E-state index is 0.0984. The zero-order chi connectivity index (χ0) is 47.2. The lowest BCUT2D eigenvalue weighted by atomic mass is 10.1. The fourth-order valence-electron chi connectivity index (χ4n) is 7.21. The summed E-state index contributed by atoms with van der Waals surface area (Å²) in [5.74, 6) is -0.956. The van der Waals surface area contributed by atoms with Crippen LogP contribution in [0.2, 0.25) is 0 Å². The average Bonchev–Trinajstić information content (AvgIpc) is 3.30. The standard InChI is InChI=1S/C59H98O6/c1-4-7-10-13-16-19-22-25-27-28-29-30-32-34-37-40-43-46-49-52-58(61)64-55-56(54-63-57(60)51-48-45-42-39-36-33-24-21-18-15-12-9-6-3)65-59(62)53-50-47-44-41-38-35-31-26-23-20-17-14-11-8-5-2/h8-9,11-12,14-15,17-18,20-21,23-24,28-29,33,36,56H,4-7,10,13,16,19,22,25-27,30-32,34-35,37-55H2,1-3H3/b11-8+,12-9+,17-14+,18-15+,23-20+,24-21+,29-28+,36-33+. The Morgan fingerprint density at radius 2 is 0.615 bits per heavy atom. The van der Waals surface area contributed by atoms with Gasteiger partial charge in [-0.15, -0.1) is 0 Å². The van der Waals surface area contributed by atoms with E-state index < -0.39 is 6.10 Å². The maximum absolute atomic E-state index is 12.8. The van der Waals surface area contributed by atoms with Crippen LogP contribution in [-0.4, -0.2) is 37.2 Å². The number of carbonyl (C=O) groups is 3. The third-order valence-electron chi connectivity index (χ3n) is 11.2. The molecule has 0 bridgehead atoms. The molecular weight excluding hydrogens is 805 g/mol. The summed E-state index contributed by atoms with van der Waals surface area (Å²) < 4.78 is 16.8. The Labute approximate surface area is 400 Å². The van der Waals surface area contributed by atoms with Gasteiger partial charge in [-0.2, -0.15) is 0 Å². The van der Waals surface area contributed by atoms with Crippen molar-refractivity contribution in [3.8, 4) is 0 Å². The normalized spacial score (nSPS) is 12.8. The highest BCUT2D eigenvalue weighted by Gasteiger charge is 2.19. The molecule has 0 aliphatic rings. The van der Waals surface area contributed by atoms with E-state index in [9.17, 15) is 14.4 Å². The monoisotopic (exact) mass is 903 g/mol.